The molecule has 0 N–H and O–H groups in total. The fourth-order valence-corrected chi connectivity index (χ4v) is 3.45. The molecule has 2 aromatic heterocycles. The molecule has 0 saturated carbocycles. The Bertz CT molecular complexity index is 601. The minimum Gasteiger partial charge on any atom is -0.353 e. The average molecular weight is 277 g/mol. The lowest BCUT2D eigenvalue weighted by Gasteiger charge is -2.28. The summed E-state index contributed by atoms with van der Waals surface area (Å²) in [6.45, 7) is 9.07. The Hall–Kier alpha value is -1.30. The predicted octanol–water partition coefficient (Wildman–Crippen LogP) is 2.02. The second kappa shape index (κ2) is 5.00. The molecule has 0 bridgehead atoms. The summed E-state index contributed by atoms with van der Waals surface area (Å²) in [5.41, 5.74) is 3.09. The van der Waals surface area contributed by atoms with E-state index in [1.165, 1.54) is 11.5 Å². The van der Waals surface area contributed by atoms with Crippen molar-refractivity contribution in [2.75, 3.05) is 29.5 Å². The number of fused-ring (bicyclic) bond motifs is 1. The molecule has 19 heavy (non-hydrogen) atoms. The maximum absolute atomic E-state index is 4.69. The first kappa shape index (κ1) is 12.7. The predicted molar refractivity (Wildman–Crippen MR) is 80.0 cm³/mol. The molecule has 0 radical (unpaired) electrons. The molecule has 2 aromatic rings. The molecular weight excluding hydrogens is 258 g/mol. The van der Waals surface area contributed by atoms with Crippen LogP contribution in [0.15, 0.2) is 0 Å². The monoisotopic (exact) mass is 277 g/mol. The Balaban J connectivity index is 2.20. The zero-order valence-corrected chi connectivity index (χ0v) is 12.5. The zero-order valence-electron chi connectivity index (χ0n) is 11.7. The van der Waals surface area contributed by atoms with Gasteiger partial charge in [0.15, 0.2) is 5.82 Å². The van der Waals surface area contributed by atoms with E-state index >= 15 is 0 Å². The summed E-state index contributed by atoms with van der Waals surface area (Å²) in [5.74, 6) is 4.23. The lowest BCUT2D eigenvalue weighted by Crippen LogP contribution is -2.33. The van der Waals surface area contributed by atoms with Crippen molar-refractivity contribution in [3.63, 3.8) is 0 Å². The molecule has 0 atom stereocenters. The highest BCUT2D eigenvalue weighted by Crippen LogP contribution is 2.27. The number of nitrogens with zero attached hydrogens (tertiary/aromatic N) is 5. The number of rotatable bonds is 2. The number of hydrogen-bond donors (Lipinski definition) is 0. The molecule has 0 spiro atoms. The van der Waals surface area contributed by atoms with Crippen molar-refractivity contribution in [2.24, 2.45) is 0 Å². The molecular formula is C13H19N5S. The highest BCUT2D eigenvalue weighted by atomic mass is 32.2. The third kappa shape index (κ3) is 2.18. The first-order valence-corrected chi connectivity index (χ1v) is 7.90. The lowest BCUT2D eigenvalue weighted by atomic mass is 10.3. The minimum atomic E-state index is 0.833. The van der Waals surface area contributed by atoms with E-state index in [-0.39, 0.29) is 0 Å². The number of aromatic nitrogens is 4. The summed E-state index contributed by atoms with van der Waals surface area (Å²) in [5, 5.41) is 4.59. The molecule has 3 rings (SSSR count). The van der Waals surface area contributed by atoms with Gasteiger partial charge in [0.05, 0.1) is 5.69 Å². The lowest BCUT2D eigenvalue weighted by molar-refractivity contribution is 0.673. The standard InChI is InChI=1S/C13H19N5S/c1-4-18-12-11(9(2)16-18)14-10(3)15-13(12)17-5-7-19-8-6-17/h4-8H2,1-3H3. The van der Waals surface area contributed by atoms with E-state index in [1.807, 2.05) is 30.3 Å². The van der Waals surface area contributed by atoms with Crippen LogP contribution in [0.4, 0.5) is 5.82 Å². The van der Waals surface area contributed by atoms with E-state index in [4.69, 9.17) is 4.98 Å². The van der Waals surface area contributed by atoms with Gasteiger partial charge in [-0.05, 0) is 20.8 Å². The summed E-state index contributed by atoms with van der Waals surface area (Å²) < 4.78 is 2.03. The number of aryl methyl sites for hydroxylation is 3. The number of anilines is 1. The molecule has 6 heteroatoms. The van der Waals surface area contributed by atoms with Crippen LogP contribution in [0.25, 0.3) is 11.0 Å². The van der Waals surface area contributed by atoms with Crippen LogP contribution in [-0.4, -0.2) is 44.3 Å². The van der Waals surface area contributed by atoms with Crippen molar-refractivity contribution in [3.05, 3.63) is 11.5 Å². The van der Waals surface area contributed by atoms with Crippen molar-refractivity contribution < 1.29 is 0 Å². The highest BCUT2D eigenvalue weighted by molar-refractivity contribution is 7.99. The molecule has 1 aliphatic heterocycles. The maximum atomic E-state index is 4.69. The molecule has 5 nitrogen and oxygen atoms in total. The van der Waals surface area contributed by atoms with Gasteiger partial charge in [-0.3, -0.25) is 4.68 Å². The molecule has 1 fully saturated rings. The van der Waals surface area contributed by atoms with Gasteiger partial charge in [0.25, 0.3) is 0 Å². The van der Waals surface area contributed by atoms with Gasteiger partial charge in [0.1, 0.15) is 16.9 Å². The summed E-state index contributed by atoms with van der Waals surface area (Å²) >= 11 is 2.01. The second-order valence-electron chi connectivity index (χ2n) is 4.79. The minimum absolute atomic E-state index is 0.833. The van der Waals surface area contributed by atoms with E-state index in [0.717, 1.165) is 48.0 Å². The molecule has 0 amide bonds. The summed E-state index contributed by atoms with van der Waals surface area (Å²) in [6, 6.07) is 0. The molecule has 1 saturated heterocycles. The SMILES string of the molecule is CCn1nc(C)c2nc(C)nc(N3CCSCC3)c21. The van der Waals surface area contributed by atoms with E-state index in [2.05, 4.69) is 21.9 Å². The van der Waals surface area contributed by atoms with Crippen LogP contribution < -0.4 is 4.90 Å². The summed E-state index contributed by atoms with van der Waals surface area (Å²) in [7, 11) is 0. The van der Waals surface area contributed by atoms with Crippen molar-refractivity contribution in [3.8, 4) is 0 Å². The van der Waals surface area contributed by atoms with Crippen LogP contribution in [0, 0.1) is 13.8 Å². The average Bonchev–Trinajstić information content (AvgIpc) is 2.76. The van der Waals surface area contributed by atoms with Crippen LogP contribution in [0.1, 0.15) is 18.4 Å². The van der Waals surface area contributed by atoms with Crippen molar-refractivity contribution in [1.29, 1.82) is 0 Å². The van der Waals surface area contributed by atoms with E-state index in [9.17, 15) is 0 Å². The first-order chi connectivity index (χ1) is 9.20. The van der Waals surface area contributed by atoms with Gasteiger partial charge in [0.2, 0.25) is 0 Å². The molecule has 0 aliphatic carbocycles. The van der Waals surface area contributed by atoms with Gasteiger partial charge in [-0.25, -0.2) is 9.97 Å². The van der Waals surface area contributed by atoms with E-state index in [1.54, 1.807) is 0 Å². The van der Waals surface area contributed by atoms with Crippen molar-refractivity contribution in [2.45, 2.75) is 27.3 Å². The van der Waals surface area contributed by atoms with Crippen LogP contribution >= 0.6 is 11.8 Å². The van der Waals surface area contributed by atoms with Gasteiger partial charge in [-0.15, -0.1) is 0 Å². The first-order valence-electron chi connectivity index (χ1n) is 6.75. The smallest absolute Gasteiger partial charge is 0.158 e. The molecule has 1 aliphatic rings. The Kier molecular flexibility index (Phi) is 3.35. The fraction of sp³-hybridized carbons (Fsp3) is 0.615. The second-order valence-corrected chi connectivity index (χ2v) is 6.02. The topological polar surface area (TPSA) is 46.8 Å². The van der Waals surface area contributed by atoms with Gasteiger partial charge in [-0.1, -0.05) is 0 Å². The van der Waals surface area contributed by atoms with Crippen LogP contribution in [0.3, 0.4) is 0 Å². The molecule has 0 unspecified atom stereocenters. The molecule has 102 valence electrons. The van der Waals surface area contributed by atoms with Gasteiger partial charge < -0.3 is 4.90 Å². The van der Waals surface area contributed by atoms with Crippen molar-refractivity contribution in [1.82, 2.24) is 19.7 Å². The van der Waals surface area contributed by atoms with Crippen LogP contribution in [0.2, 0.25) is 0 Å². The van der Waals surface area contributed by atoms with Crippen LogP contribution in [-0.2, 0) is 6.54 Å². The maximum Gasteiger partial charge on any atom is 0.158 e. The normalized spacial score (nSPS) is 16.3. The summed E-state index contributed by atoms with van der Waals surface area (Å²) in [4.78, 5) is 11.6. The Labute approximate surface area is 117 Å². The summed E-state index contributed by atoms with van der Waals surface area (Å²) in [6.07, 6.45) is 0. The zero-order chi connectivity index (χ0) is 13.4. The quantitative estimate of drug-likeness (QED) is 0.840. The number of hydrogen-bond acceptors (Lipinski definition) is 5. The van der Waals surface area contributed by atoms with Gasteiger partial charge in [-0.2, -0.15) is 16.9 Å². The third-order valence-electron chi connectivity index (χ3n) is 3.46. The highest BCUT2D eigenvalue weighted by Gasteiger charge is 2.20. The van der Waals surface area contributed by atoms with Gasteiger partial charge >= 0.3 is 0 Å². The largest absolute Gasteiger partial charge is 0.353 e. The van der Waals surface area contributed by atoms with E-state index < -0.39 is 0 Å². The van der Waals surface area contributed by atoms with Crippen LogP contribution in [0.5, 0.6) is 0 Å². The fourth-order valence-electron chi connectivity index (χ4n) is 2.54. The Morgan fingerprint density at radius 3 is 2.58 bits per heavy atom. The Morgan fingerprint density at radius 1 is 1.16 bits per heavy atom. The van der Waals surface area contributed by atoms with E-state index in [0.29, 0.717) is 0 Å². The Morgan fingerprint density at radius 2 is 1.89 bits per heavy atom. The number of thioether (sulfide) groups is 1. The third-order valence-corrected chi connectivity index (χ3v) is 4.40. The molecule has 3 heterocycles. The van der Waals surface area contributed by atoms with Crippen molar-refractivity contribution >= 4 is 28.6 Å². The molecule has 0 aromatic carbocycles. The van der Waals surface area contributed by atoms with Gasteiger partial charge in [0, 0.05) is 31.1 Å².